The molecule has 0 radical (unpaired) electrons. The predicted octanol–water partition coefficient (Wildman–Crippen LogP) is 1.94. The lowest BCUT2D eigenvalue weighted by atomic mass is 10.5. The summed E-state index contributed by atoms with van der Waals surface area (Å²) in [5.74, 6) is 0. The van der Waals surface area contributed by atoms with Crippen LogP contribution in [0.3, 0.4) is 0 Å². The Morgan fingerprint density at radius 3 is 2.62 bits per heavy atom. The van der Waals surface area contributed by atoms with Gasteiger partial charge in [-0.2, -0.15) is 5.26 Å². The van der Waals surface area contributed by atoms with Crippen molar-refractivity contribution < 1.29 is 18.7 Å². The van der Waals surface area contributed by atoms with Gasteiger partial charge in [0.25, 0.3) is 0 Å². The van der Waals surface area contributed by atoms with Gasteiger partial charge in [0, 0.05) is 13.6 Å². The normalized spacial score (nSPS) is 9.12. The first kappa shape index (κ1) is 14.5. The van der Waals surface area contributed by atoms with Crippen LogP contribution in [0, 0.1) is 11.3 Å². The molecule has 0 aromatic carbocycles. The molecule has 8 heteroatoms. The lowest BCUT2D eigenvalue weighted by Crippen LogP contribution is -2.30. The number of nitriles is 1. The number of rotatable bonds is 5. The second-order valence-corrected chi connectivity index (χ2v) is 3.70. The maximum absolute atomic E-state index is 12.2. The molecule has 0 saturated carbocycles. The van der Waals surface area contributed by atoms with Crippen LogP contribution in [0.25, 0.3) is 0 Å². The second kappa shape index (κ2) is 7.76. The standard InChI is InChI=1S/C8H12FN3O3S/c1-3-12(16-11(2)7(9)13)8(14)15-6-4-5-10/h3-4,6H2,1-2H3. The van der Waals surface area contributed by atoms with Crippen molar-refractivity contribution in [2.45, 2.75) is 13.3 Å². The third-order valence-electron chi connectivity index (χ3n) is 1.40. The minimum Gasteiger partial charge on any atom is -0.448 e. The monoisotopic (exact) mass is 249 g/mol. The van der Waals surface area contributed by atoms with Crippen molar-refractivity contribution >= 4 is 24.4 Å². The summed E-state index contributed by atoms with van der Waals surface area (Å²) in [6, 6.07) is 1.81. The average molecular weight is 249 g/mol. The predicted molar refractivity (Wildman–Crippen MR) is 55.8 cm³/mol. The van der Waals surface area contributed by atoms with Gasteiger partial charge in [0.05, 0.1) is 24.6 Å². The van der Waals surface area contributed by atoms with Crippen molar-refractivity contribution in [1.82, 2.24) is 8.61 Å². The second-order valence-electron chi connectivity index (χ2n) is 2.55. The molecule has 0 spiro atoms. The Hall–Kier alpha value is -1.49. The number of hydrogen-bond donors (Lipinski definition) is 0. The molecule has 0 saturated heterocycles. The summed E-state index contributed by atoms with van der Waals surface area (Å²) in [5, 5.41) is 8.23. The molecule has 0 aliphatic carbocycles. The largest absolute Gasteiger partial charge is 0.448 e. The first-order valence-electron chi connectivity index (χ1n) is 4.45. The quantitative estimate of drug-likeness (QED) is 0.322. The summed E-state index contributed by atoms with van der Waals surface area (Å²) >= 11 is 0.604. The van der Waals surface area contributed by atoms with E-state index in [-0.39, 0.29) is 19.6 Å². The number of hydrogen-bond acceptors (Lipinski definition) is 5. The van der Waals surface area contributed by atoms with Gasteiger partial charge in [-0.1, -0.05) is 0 Å². The SMILES string of the molecule is CCN(SN(C)C(=O)F)C(=O)OCCC#N. The third-order valence-corrected chi connectivity index (χ3v) is 2.39. The van der Waals surface area contributed by atoms with Crippen molar-refractivity contribution in [3.63, 3.8) is 0 Å². The Morgan fingerprint density at radius 1 is 1.56 bits per heavy atom. The van der Waals surface area contributed by atoms with Crippen molar-refractivity contribution in [3.05, 3.63) is 0 Å². The number of ether oxygens (including phenoxy) is 1. The van der Waals surface area contributed by atoms with Crippen LogP contribution in [0.5, 0.6) is 0 Å². The Labute approximate surface area is 97.2 Å². The van der Waals surface area contributed by atoms with Gasteiger partial charge in [-0.3, -0.25) is 0 Å². The van der Waals surface area contributed by atoms with Crippen LogP contribution >= 0.6 is 12.1 Å². The molecule has 0 atom stereocenters. The zero-order valence-electron chi connectivity index (χ0n) is 8.97. The lowest BCUT2D eigenvalue weighted by Gasteiger charge is -2.21. The molecule has 90 valence electrons. The van der Waals surface area contributed by atoms with Crippen LogP contribution in [0.15, 0.2) is 0 Å². The molecule has 0 N–H and O–H groups in total. The number of amides is 2. The van der Waals surface area contributed by atoms with Gasteiger partial charge in [0.2, 0.25) is 0 Å². The number of carbonyl (C=O) groups is 2. The highest BCUT2D eigenvalue weighted by Crippen LogP contribution is 2.16. The molecule has 0 aromatic rings. The number of nitrogens with zero attached hydrogens (tertiary/aromatic N) is 3. The molecule has 0 rings (SSSR count). The van der Waals surface area contributed by atoms with Crippen molar-refractivity contribution in [3.8, 4) is 6.07 Å². The fourth-order valence-electron chi connectivity index (χ4n) is 0.656. The van der Waals surface area contributed by atoms with E-state index in [0.717, 1.165) is 4.31 Å². The molecule has 16 heavy (non-hydrogen) atoms. The highest BCUT2D eigenvalue weighted by molar-refractivity contribution is 7.95. The van der Waals surface area contributed by atoms with Gasteiger partial charge in [0.1, 0.15) is 6.61 Å². The third kappa shape index (κ3) is 5.41. The van der Waals surface area contributed by atoms with E-state index < -0.39 is 12.3 Å². The Morgan fingerprint density at radius 2 is 2.19 bits per heavy atom. The molecule has 0 aliphatic rings. The fourth-order valence-corrected chi connectivity index (χ4v) is 1.25. The topological polar surface area (TPSA) is 73.6 Å². The summed E-state index contributed by atoms with van der Waals surface area (Å²) in [6.45, 7) is 1.86. The molecular weight excluding hydrogens is 237 g/mol. The van der Waals surface area contributed by atoms with E-state index in [0.29, 0.717) is 16.4 Å². The minimum atomic E-state index is -1.66. The molecule has 0 heterocycles. The maximum atomic E-state index is 12.2. The minimum absolute atomic E-state index is 0.0281. The zero-order valence-corrected chi connectivity index (χ0v) is 9.79. The van der Waals surface area contributed by atoms with E-state index in [9.17, 15) is 14.0 Å². The van der Waals surface area contributed by atoms with E-state index in [2.05, 4.69) is 0 Å². The van der Waals surface area contributed by atoms with Crippen molar-refractivity contribution in [2.75, 3.05) is 20.2 Å². The Kier molecular flexibility index (Phi) is 7.03. The summed E-state index contributed by atoms with van der Waals surface area (Å²) in [4.78, 5) is 21.6. The zero-order chi connectivity index (χ0) is 12.6. The maximum Gasteiger partial charge on any atom is 0.421 e. The molecule has 0 unspecified atom stereocenters. The van der Waals surface area contributed by atoms with Crippen molar-refractivity contribution in [2.24, 2.45) is 0 Å². The van der Waals surface area contributed by atoms with Gasteiger partial charge in [-0.15, -0.1) is 4.39 Å². The molecule has 0 bridgehead atoms. The van der Waals surface area contributed by atoms with Crippen molar-refractivity contribution in [1.29, 1.82) is 5.26 Å². The molecule has 6 nitrogen and oxygen atoms in total. The van der Waals surface area contributed by atoms with Crippen LogP contribution in [0.2, 0.25) is 0 Å². The smallest absolute Gasteiger partial charge is 0.421 e. The van der Waals surface area contributed by atoms with Crippen LogP contribution in [-0.2, 0) is 4.74 Å². The Bertz CT molecular complexity index is 295. The van der Waals surface area contributed by atoms with Crippen LogP contribution in [-0.4, -0.2) is 41.1 Å². The number of halogens is 1. The van der Waals surface area contributed by atoms with Crippen LogP contribution in [0.4, 0.5) is 14.0 Å². The highest BCUT2D eigenvalue weighted by atomic mass is 32.2. The van der Waals surface area contributed by atoms with E-state index in [1.54, 1.807) is 6.92 Å². The summed E-state index contributed by atoms with van der Waals surface area (Å²) in [7, 11) is 1.19. The molecule has 2 amide bonds. The van der Waals surface area contributed by atoms with E-state index in [1.807, 2.05) is 6.07 Å². The van der Waals surface area contributed by atoms with E-state index in [1.165, 1.54) is 7.05 Å². The number of carbonyl (C=O) groups excluding carboxylic acids is 2. The van der Waals surface area contributed by atoms with Crippen LogP contribution < -0.4 is 0 Å². The van der Waals surface area contributed by atoms with Gasteiger partial charge in [-0.25, -0.2) is 18.2 Å². The fraction of sp³-hybridized carbons (Fsp3) is 0.625. The van der Waals surface area contributed by atoms with Gasteiger partial charge in [-0.05, 0) is 6.92 Å². The molecule has 0 aliphatic heterocycles. The molecule has 0 fully saturated rings. The Balaban J connectivity index is 4.12. The average Bonchev–Trinajstić information content (AvgIpc) is 2.25. The first-order chi connectivity index (χ1) is 7.52. The van der Waals surface area contributed by atoms with Gasteiger partial charge < -0.3 is 4.74 Å². The van der Waals surface area contributed by atoms with Gasteiger partial charge >= 0.3 is 12.3 Å². The van der Waals surface area contributed by atoms with Crippen LogP contribution in [0.1, 0.15) is 13.3 Å². The summed E-state index contributed by atoms with van der Waals surface area (Å²) in [5.41, 5.74) is 0. The van der Waals surface area contributed by atoms with E-state index in [4.69, 9.17) is 10.00 Å². The molecular formula is C8H12FN3O3S. The van der Waals surface area contributed by atoms with Gasteiger partial charge in [0.15, 0.2) is 0 Å². The molecule has 0 aromatic heterocycles. The highest BCUT2D eigenvalue weighted by Gasteiger charge is 2.19. The summed E-state index contributed by atoms with van der Waals surface area (Å²) < 4.78 is 18.6. The first-order valence-corrected chi connectivity index (χ1v) is 5.18. The summed E-state index contributed by atoms with van der Waals surface area (Å²) in [6.07, 6.45) is -2.28. The lowest BCUT2D eigenvalue weighted by molar-refractivity contribution is 0.130. The van der Waals surface area contributed by atoms with E-state index >= 15 is 0 Å².